The van der Waals surface area contributed by atoms with E-state index in [-0.39, 0.29) is 24.3 Å². The van der Waals surface area contributed by atoms with E-state index in [1.54, 1.807) is 17.3 Å². The molecule has 0 saturated carbocycles. The molecular weight excluding hydrogens is 404 g/mol. The molecule has 1 fully saturated rings. The van der Waals surface area contributed by atoms with E-state index in [1.807, 2.05) is 17.0 Å². The van der Waals surface area contributed by atoms with Gasteiger partial charge in [0.15, 0.2) is 0 Å². The molecule has 2 amide bonds. The molecule has 0 aliphatic carbocycles. The van der Waals surface area contributed by atoms with Crippen molar-refractivity contribution in [2.45, 2.75) is 26.3 Å². The number of rotatable bonds is 7. The Morgan fingerprint density at radius 3 is 2.47 bits per heavy atom. The molecular formula is C24H28N6O2. The number of pyridine rings is 1. The van der Waals surface area contributed by atoms with Crippen molar-refractivity contribution in [2.75, 3.05) is 26.2 Å². The molecule has 0 unspecified atom stereocenters. The molecule has 1 aliphatic rings. The van der Waals surface area contributed by atoms with Crippen molar-refractivity contribution in [3.05, 3.63) is 67.0 Å². The van der Waals surface area contributed by atoms with Crippen molar-refractivity contribution in [1.29, 1.82) is 0 Å². The van der Waals surface area contributed by atoms with E-state index in [0.29, 0.717) is 32.6 Å². The Kier molecular flexibility index (Phi) is 6.89. The largest absolute Gasteiger partial charge is 0.341 e. The lowest BCUT2D eigenvalue weighted by molar-refractivity contribution is -0.135. The van der Waals surface area contributed by atoms with Gasteiger partial charge in [0.05, 0.1) is 5.92 Å². The van der Waals surface area contributed by atoms with Crippen LogP contribution >= 0.6 is 0 Å². The van der Waals surface area contributed by atoms with Gasteiger partial charge in [-0.05, 0) is 41.7 Å². The van der Waals surface area contributed by atoms with Gasteiger partial charge in [-0.15, -0.1) is 0 Å². The zero-order valence-corrected chi connectivity index (χ0v) is 18.3. The Bertz CT molecular complexity index is 1020. The molecule has 166 valence electrons. The Morgan fingerprint density at radius 2 is 1.78 bits per heavy atom. The third-order valence-corrected chi connectivity index (χ3v) is 5.80. The summed E-state index contributed by atoms with van der Waals surface area (Å²) in [6, 6.07) is 12.2. The number of carbonyl (C=O) groups excluding carboxylic acids is 2. The predicted octanol–water partition coefficient (Wildman–Crippen LogP) is 2.28. The lowest BCUT2D eigenvalue weighted by Crippen LogP contribution is -2.39. The first-order valence-electron chi connectivity index (χ1n) is 11.0. The molecule has 0 spiro atoms. The first-order chi connectivity index (χ1) is 15.6. The fourth-order valence-electron chi connectivity index (χ4n) is 4.13. The van der Waals surface area contributed by atoms with Gasteiger partial charge >= 0.3 is 0 Å². The Labute approximate surface area is 187 Å². The summed E-state index contributed by atoms with van der Waals surface area (Å²) in [5.41, 5.74) is 3.31. The van der Waals surface area contributed by atoms with Gasteiger partial charge in [-0.1, -0.05) is 31.2 Å². The monoisotopic (exact) mass is 432 g/mol. The van der Waals surface area contributed by atoms with Crippen LogP contribution in [0.25, 0.3) is 11.1 Å². The van der Waals surface area contributed by atoms with E-state index in [9.17, 15) is 9.59 Å². The lowest BCUT2D eigenvalue weighted by atomic mass is 9.95. The molecule has 0 bridgehead atoms. The van der Waals surface area contributed by atoms with Crippen molar-refractivity contribution in [2.24, 2.45) is 5.92 Å². The van der Waals surface area contributed by atoms with Crippen LogP contribution in [-0.4, -0.2) is 67.5 Å². The van der Waals surface area contributed by atoms with E-state index in [1.165, 1.54) is 17.3 Å². The highest BCUT2D eigenvalue weighted by Crippen LogP contribution is 2.22. The number of nitrogens with zero attached hydrogens (tertiary/aromatic N) is 6. The van der Waals surface area contributed by atoms with E-state index in [0.717, 1.165) is 23.1 Å². The maximum absolute atomic E-state index is 13.3. The predicted molar refractivity (Wildman–Crippen MR) is 120 cm³/mol. The van der Waals surface area contributed by atoms with Crippen LogP contribution in [0.15, 0.2) is 61.4 Å². The van der Waals surface area contributed by atoms with E-state index < -0.39 is 0 Å². The molecule has 0 radical (unpaired) electrons. The van der Waals surface area contributed by atoms with Crippen LogP contribution in [0.3, 0.4) is 0 Å². The second kappa shape index (κ2) is 10.2. The van der Waals surface area contributed by atoms with E-state index in [2.05, 4.69) is 46.3 Å². The summed E-state index contributed by atoms with van der Waals surface area (Å²) in [5, 5.41) is 4.03. The molecule has 3 aromatic rings. The van der Waals surface area contributed by atoms with E-state index >= 15 is 0 Å². The van der Waals surface area contributed by atoms with Gasteiger partial charge in [-0.25, -0.2) is 9.67 Å². The van der Waals surface area contributed by atoms with Crippen molar-refractivity contribution >= 4 is 11.8 Å². The van der Waals surface area contributed by atoms with Gasteiger partial charge in [0.25, 0.3) is 0 Å². The van der Waals surface area contributed by atoms with Crippen LogP contribution in [-0.2, 0) is 22.6 Å². The minimum absolute atomic E-state index is 0.0420. The van der Waals surface area contributed by atoms with E-state index in [4.69, 9.17) is 0 Å². The van der Waals surface area contributed by atoms with Gasteiger partial charge < -0.3 is 9.80 Å². The quantitative estimate of drug-likeness (QED) is 0.572. The maximum Gasteiger partial charge on any atom is 0.244 e. The van der Waals surface area contributed by atoms with Crippen LogP contribution in [0.1, 0.15) is 18.9 Å². The fraction of sp³-hybridized carbons (Fsp3) is 0.375. The van der Waals surface area contributed by atoms with Gasteiger partial charge in [0, 0.05) is 38.6 Å². The normalized spacial score (nSPS) is 16.8. The number of benzene rings is 1. The minimum atomic E-state index is -0.268. The van der Waals surface area contributed by atoms with Crippen molar-refractivity contribution in [3.8, 4) is 11.1 Å². The van der Waals surface area contributed by atoms with Gasteiger partial charge in [0.2, 0.25) is 11.8 Å². The molecule has 0 N–H and O–H groups in total. The third kappa shape index (κ3) is 5.19. The molecule has 1 atom stereocenters. The van der Waals surface area contributed by atoms with Crippen LogP contribution < -0.4 is 0 Å². The highest BCUT2D eigenvalue weighted by atomic mass is 16.2. The first kappa shape index (κ1) is 21.7. The number of hydrogen-bond acceptors (Lipinski definition) is 5. The number of carbonyl (C=O) groups is 2. The SMILES string of the molecule is CCCN1CCN(C(=O)Cn2cncn2)C[C@H](Cc2ccc(-c3ccncc3)cc2)C1=O. The summed E-state index contributed by atoms with van der Waals surface area (Å²) in [5.74, 6) is -0.184. The molecule has 1 saturated heterocycles. The number of aromatic nitrogens is 4. The molecule has 32 heavy (non-hydrogen) atoms. The third-order valence-electron chi connectivity index (χ3n) is 5.80. The van der Waals surface area contributed by atoms with Gasteiger partial charge in [-0.2, -0.15) is 5.10 Å². The van der Waals surface area contributed by atoms with Crippen LogP contribution in [0.2, 0.25) is 0 Å². The second-order valence-corrected chi connectivity index (χ2v) is 8.09. The molecule has 1 aliphatic heterocycles. The highest BCUT2D eigenvalue weighted by molar-refractivity contribution is 5.82. The van der Waals surface area contributed by atoms with Crippen molar-refractivity contribution in [1.82, 2.24) is 29.5 Å². The van der Waals surface area contributed by atoms with Gasteiger partial charge in [-0.3, -0.25) is 14.6 Å². The van der Waals surface area contributed by atoms with Crippen LogP contribution in [0, 0.1) is 5.92 Å². The summed E-state index contributed by atoms with van der Waals surface area (Å²) in [6.45, 7) is 4.43. The molecule has 1 aromatic carbocycles. The minimum Gasteiger partial charge on any atom is -0.341 e. The molecule has 4 rings (SSSR count). The summed E-state index contributed by atoms with van der Waals surface area (Å²) in [6.07, 6.45) is 8.00. The number of hydrogen-bond donors (Lipinski definition) is 0. The zero-order valence-electron chi connectivity index (χ0n) is 18.3. The maximum atomic E-state index is 13.3. The second-order valence-electron chi connectivity index (χ2n) is 8.09. The van der Waals surface area contributed by atoms with Crippen molar-refractivity contribution < 1.29 is 9.59 Å². The smallest absolute Gasteiger partial charge is 0.244 e. The highest BCUT2D eigenvalue weighted by Gasteiger charge is 2.32. The van der Waals surface area contributed by atoms with Crippen LogP contribution in [0.5, 0.6) is 0 Å². The average Bonchev–Trinajstić information content (AvgIpc) is 3.28. The summed E-state index contributed by atoms with van der Waals surface area (Å²) in [4.78, 5) is 37.8. The Morgan fingerprint density at radius 1 is 1.03 bits per heavy atom. The zero-order chi connectivity index (χ0) is 22.3. The Balaban J connectivity index is 1.49. The standard InChI is InChI=1S/C24H28N6O2/c1-2-11-28-12-13-29(23(31)16-30-18-26-17-27-30)15-22(24(28)32)14-19-3-5-20(6-4-19)21-7-9-25-10-8-21/h3-10,17-18,22H,2,11-16H2,1H3/t22-/m0/s1. The van der Waals surface area contributed by atoms with Gasteiger partial charge in [0.1, 0.15) is 19.2 Å². The summed E-state index contributed by atoms with van der Waals surface area (Å²) in [7, 11) is 0. The average molecular weight is 433 g/mol. The molecule has 8 nitrogen and oxygen atoms in total. The molecule has 2 aromatic heterocycles. The number of amides is 2. The topological polar surface area (TPSA) is 84.2 Å². The summed E-state index contributed by atoms with van der Waals surface area (Å²) >= 11 is 0. The summed E-state index contributed by atoms with van der Waals surface area (Å²) < 4.78 is 1.52. The fourth-order valence-corrected chi connectivity index (χ4v) is 4.13. The van der Waals surface area contributed by atoms with Crippen LogP contribution in [0.4, 0.5) is 0 Å². The van der Waals surface area contributed by atoms with Crippen molar-refractivity contribution in [3.63, 3.8) is 0 Å². The lowest BCUT2D eigenvalue weighted by Gasteiger charge is -2.24. The Hall–Kier alpha value is -3.55. The first-order valence-corrected chi connectivity index (χ1v) is 11.0. The molecule has 8 heteroatoms. The molecule has 3 heterocycles.